The Morgan fingerprint density at radius 3 is 2.93 bits per heavy atom. The third-order valence-electron chi connectivity index (χ3n) is 5.04. The molecular weight excluding hydrogens is 388 g/mol. The highest BCUT2D eigenvalue weighted by atomic mass is 35.5. The number of aryl methyl sites for hydroxylation is 1. The Morgan fingerprint density at radius 1 is 1.31 bits per heavy atom. The number of amides is 1. The summed E-state index contributed by atoms with van der Waals surface area (Å²) < 4.78 is 5.57. The van der Waals surface area contributed by atoms with Gasteiger partial charge in [0, 0.05) is 36.2 Å². The molecule has 1 atom stereocenters. The van der Waals surface area contributed by atoms with Gasteiger partial charge in [0.15, 0.2) is 0 Å². The molecule has 0 aliphatic carbocycles. The molecule has 1 fully saturated rings. The van der Waals surface area contributed by atoms with Crippen molar-refractivity contribution in [3.8, 4) is 0 Å². The van der Waals surface area contributed by atoms with E-state index in [0.717, 1.165) is 35.4 Å². The molecule has 6 nitrogen and oxygen atoms in total. The number of carbonyl (C=O) groups excluding carboxylic acids is 1. The number of anilines is 1. The van der Waals surface area contributed by atoms with Crippen LogP contribution in [-0.2, 0) is 11.3 Å². The molecule has 0 saturated carbocycles. The van der Waals surface area contributed by atoms with E-state index in [1.54, 1.807) is 12.1 Å². The summed E-state index contributed by atoms with van der Waals surface area (Å²) in [5, 5.41) is 4.47. The van der Waals surface area contributed by atoms with Gasteiger partial charge in [0.05, 0.1) is 29.5 Å². The van der Waals surface area contributed by atoms with Crippen molar-refractivity contribution in [1.82, 2.24) is 15.3 Å². The number of hydrogen-bond donors (Lipinski definition) is 1. The summed E-state index contributed by atoms with van der Waals surface area (Å²) in [4.78, 5) is 24.0. The molecule has 1 saturated heterocycles. The first kappa shape index (κ1) is 19.6. The molecule has 4 rings (SSSR count). The van der Waals surface area contributed by atoms with Crippen LogP contribution in [0.4, 0.5) is 5.82 Å². The summed E-state index contributed by atoms with van der Waals surface area (Å²) in [7, 11) is 0. The van der Waals surface area contributed by atoms with Crippen LogP contribution in [0, 0.1) is 6.92 Å². The molecule has 1 amide bonds. The molecule has 0 bridgehead atoms. The second kappa shape index (κ2) is 8.35. The van der Waals surface area contributed by atoms with Crippen LogP contribution in [0.25, 0.3) is 10.9 Å². The maximum Gasteiger partial charge on any atom is 0.253 e. The van der Waals surface area contributed by atoms with E-state index >= 15 is 0 Å². The summed E-state index contributed by atoms with van der Waals surface area (Å²) in [5.41, 5.74) is 2.96. The van der Waals surface area contributed by atoms with E-state index < -0.39 is 0 Å². The van der Waals surface area contributed by atoms with Crippen molar-refractivity contribution in [2.45, 2.75) is 26.5 Å². The van der Waals surface area contributed by atoms with Gasteiger partial charge in [-0.2, -0.15) is 0 Å². The standard InChI is InChI=1S/C22H23ClN4O2/c1-14-13-27(7-8-29-14)21-6-3-16(11-24-21)12-25-22(28)19-9-17-4-5-18(23)10-20(17)26-15(19)2/h3-6,9-11,14H,7-8,12-13H2,1-2H3,(H,25,28). The lowest BCUT2D eigenvalue weighted by molar-refractivity contribution is 0.0529. The molecule has 1 aliphatic heterocycles. The Bertz CT molecular complexity index is 1040. The summed E-state index contributed by atoms with van der Waals surface area (Å²) in [6, 6.07) is 11.3. The van der Waals surface area contributed by atoms with Crippen molar-refractivity contribution in [3.63, 3.8) is 0 Å². The largest absolute Gasteiger partial charge is 0.375 e. The van der Waals surface area contributed by atoms with Gasteiger partial charge in [0.1, 0.15) is 5.82 Å². The Kier molecular flexibility index (Phi) is 5.65. The first-order valence-electron chi connectivity index (χ1n) is 9.66. The van der Waals surface area contributed by atoms with Crippen LogP contribution in [0.5, 0.6) is 0 Å². The Morgan fingerprint density at radius 2 is 2.17 bits per heavy atom. The minimum absolute atomic E-state index is 0.155. The van der Waals surface area contributed by atoms with E-state index in [2.05, 4.69) is 27.1 Å². The quantitative estimate of drug-likeness (QED) is 0.709. The lowest BCUT2D eigenvalue weighted by atomic mass is 10.1. The predicted molar refractivity (Wildman–Crippen MR) is 115 cm³/mol. The van der Waals surface area contributed by atoms with Crippen LogP contribution in [0.15, 0.2) is 42.6 Å². The number of ether oxygens (including phenoxy) is 1. The minimum Gasteiger partial charge on any atom is -0.375 e. The van der Waals surface area contributed by atoms with Gasteiger partial charge in [0.2, 0.25) is 0 Å². The van der Waals surface area contributed by atoms with Gasteiger partial charge >= 0.3 is 0 Å². The maximum atomic E-state index is 12.7. The lowest BCUT2D eigenvalue weighted by Gasteiger charge is -2.32. The van der Waals surface area contributed by atoms with Crippen LogP contribution >= 0.6 is 11.6 Å². The van der Waals surface area contributed by atoms with Crippen LogP contribution in [-0.4, -0.2) is 41.7 Å². The van der Waals surface area contributed by atoms with E-state index in [9.17, 15) is 4.79 Å². The Balaban J connectivity index is 1.42. The first-order valence-corrected chi connectivity index (χ1v) is 10.0. The van der Waals surface area contributed by atoms with Crippen molar-refractivity contribution in [2.24, 2.45) is 0 Å². The SMILES string of the molecule is Cc1nc2cc(Cl)ccc2cc1C(=O)NCc1ccc(N2CCOC(C)C2)nc1. The fourth-order valence-corrected chi connectivity index (χ4v) is 3.65. The first-order chi connectivity index (χ1) is 14.0. The van der Waals surface area contributed by atoms with Crippen molar-refractivity contribution in [1.29, 1.82) is 0 Å². The van der Waals surface area contributed by atoms with Gasteiger partial charge in [-0.1, -0.05) is 23.7 Å². The molecule has 0 spiro atoms. The van der Waals surface area contributed by atoms with Crippen molar-refractivity contribution in [2.75, 3.05) is 24.6 Å². The highest BCUT2D eigenvalue weighted by Gasteiger charge is 2.18. The zero-order chi connectivity index (χ0) is 20.4. The number of carbonyl (C=O) groups is 1. The monoisotopic (exact) mass is 410 g/mol. The van der Waals surface area contributed by atoms with E-state index in [4.69, 9.17) is 16.3 Å². The van der Waals surface area contributed by atoms with Crippen LogP contribution in [0.3, 0.4) is 0 Å². The van der Waals surface area contributed by atoms with Gasteiger partial charge < -0.3 is 15.0 Å². The Hall–Kier alpha value is -2.70. The molecule has 7 heteroatoms. The summed E-state index contributed by atoms with van der Waals surface area (Å²) in [5.74, 6) is 0.779. The minimum atomic E-state index is -0.155. The van der Waals surface area contributed by atoms with E-state index in [1.807, 2.05) is 37.4 Å². The average molecular weight is 411 g/mol. The number of rotatable bonds is 4. The fraction of sp³-hybridized carbons (Fsp3) is 0.318. The average Bonchev–Trinajstić information content (AvgIpc) is 2.72. The number of nitrogens with one attached hydrogen (secondary N) is 1. The Labute approximate surface area is 174 Å². The number of aromatic nitrogens is 2. The molecular formula is C22H23ClN4O2. The molecule has 29 heavy (non-hydrogen) atoms. The summed E-state index contributed by atoms with van der Waals surface area (Å²) in [6.07, 6.45) is 2.02. The van der Waals surface area contributed by atoms with Crippen molar-refractivity contribution >= 4 is 34.2 Å². The molecule has 3 heterocycles. The highest BCUT2D eigenvalue weighted by molar-refractivity contribution is 6.31. The third-order valence-corrected chi connectivity index (χ3v) is 5.28. The van der Waals surface area contributed by atoms with Crippen LogP contribution in [0.1, 0.15) is 28.5 Å². The smallest absolute Gasteiger partial charge is 0.253 e. The van der Waals surface area contributed by atoms with E-state index in [1.165, 1.54) is 0 Å². The highest BCUT2D eigenvalue weighted by Crippen LogP contribution is 2.21. The van der Waals surface area contributed by atoms with Crippen molar-refractivity contribution < 1.29 is 9.53 Å². The fourth-order valence-electron chi connectivity index (χ4n) is 3.48. The maximum absolute atomic E-state index is 12.7. The van der Waals surface area contributed by atoms with Crippen molar-refractivity contribution in [3.05, 3.63) is 64.4 Å². The van der Waals surface area contributed by atoms with Gasteiger partial charge in [-0.05, 0) is 43.7 Å². The van der Waals surface area contributed by atoms with Gasteiger partial charge in [-0.25, -0.2) is 4.98 Å². The summed E-state index contributed by atoms with van der Waals surface area (Å²) in [6.45, 7) is 6.69. The topological polar surface area (TPSA) is 67.4 Å². The zero-order valence-corrected chi connectivity index (χ0v) is 17.2. The normalized spacial score (nSPS) is 16.8. The number of nitrogens with zero attached hydrogens (tertiary/aromatic N) is 3. The predicted octanol–water partition coefficient (Wildman–Crippen LogP) is 3.75. The van der Waals surface area contributed by atoms with E-state index in [0.29, 0.717) is 29.4 Å². The van der Waals surface area contributed by atoms with Crippen LogP contribution < -0.4 is 10.2 Å². The molecule has 0 radical (unpaired) electrons. The molecule has 1 aliphatic rings. The van der Waals surface area contributed by atoms with Gasteiger partial charge in [0.25, 0.3) is 5.91 Å². The zero-order valence-electron chi connectivity index (χ0n) is 16.5. The summed E-state index contributed by atoms with van der Waals surface area (Å²) >= 11 is 6.02. The number of hydrogen-bond acceptors (Lipinski definition) is 5. The number of benzene rings is 1. The number of pyridine rings is 2. The third kappa shape index (κ3) is 4.49. The number of morpholine rings is 1. The van der Waals surface area contributed by atoms with Crippen LogP contribution in [0.2, 0.25) is 5.02 Å². The van der Waals surface area contributed by atoms with E-state index in [-0.39, 0.29) is 12.0 Å². The molecule has 150 valence electrons. The second-order valence-electron chi connectivity index (χ2n) is 7.29. The molecule has 2 aromatic heterocycles. The van der Waals surface area contributed by atoms with Gasteiger partial charge in [-0.15, -0.1) is 0 Å². The molecule has 3 aromatic rings. The second-order valence-corrected chi connectivity index (χ2v) is 7.73. The molecule has 1 aromatic carbocycles. The number of halogens is 1. The molecule has 1 N–H and O–H groups in total. The number of fused-ring (bicyclic) bond motifs is 1. The lowest BCUT2D eigenvalue weighted by Crippen LogP contribution is -2.41. The molecule has 1 unspecified atom stereocenters. The van der Waals surface area contributed by atoms with Gasteiger partial charge in [-0.3, -0.25) is 9.78 Å².